The summed E-state index contributed by atoms with van der Waals surface area (Å²) in [5, 5.41) is 9.42. The van der Waals surface area contributed by atoms with E-state index in [0.29, 0.717) is 11.1 Å². The molecule has 0 fully saturated rings. The molecular weight excluding hydrogens is 202 g/mol. The molecule has 2 nitrogen and oxygen atoms in total. The zero-order valence-corrected chi connectivity index (χ0v) is 8.28. The Balaban J connectivity index is 2.99. The number of ether oxygens (including phenoxy) is 1. The zero-order chi connectivity index (χ0) is 11.4. The Morgan fingerprint density at radius 2 is 2.13 bits per heavy atom. The molecule has 1 atom stereocenters. The lowest BCUT2D eigenvalue weighted by molar-refractivity contribution is -0.0504. The van der Waals surface area contributed by atoms with E-state index < -0.39 is 12.7 Å². The molecule has 1 N–H and O–H groups in total. The summed E-state index contributed by atoms with van der Waals surface area (Å²) in [6.45, 7) is 2.20. The first-order chi connectivity index (χ1) is 7.04. The van der Waals surface area contributed by atoms with Crippen LogP contribution in [0.4, 0.5) is 8.78 Å². The number of benzene rings is 1. The molecule has 0 bridgehead atoms. The maximum absolute atomic E-state index is 12.0. The normalized spacial score (nSPS) is 12.6. The number of aryl methyl sites for hydroxylation is 1. The van der Waals surface area contributed by atoms with Crippen LogP contribution < -0.4 is 4.74 Å². The summed E-state index contributed by atoms with van der Waals surface area (Å²) in [6.07, 6.45) is 0.446. The van der Waals surface area contributed by atoms with E-state index in [9.17, 15) is 13.9 Å². The molecule has 1 unspecified atom stereocenters. The molecule has 0 saturated carbocycles. The van der Waals surface area contributed by atoms with Crippen LogP contribution in [-0.4, -0.2) is 11.7 Å². The first kappa shape index (κ1) is 11.7. The Morgan fingerprint density at radius 1 is 1.47 bits per heavy atom. The van der Waals surface area contributed by atoms with Crippen molar-refractivity contribution in [3.8, 4) is 5.75 Å². The summed E-state index contributed by atoms with van der Waals surface area (Å²) in [5.41, 5.74) is 1.07. The third-order valence-corrected chi connectivity index (χ3v) is 1.99. The van der Waals surface area contributed by atoms with E-state index >= 15 is 0 Å². The third kappa shape index (κ3) is 3.02. The summed E-state index contributed by atoms with van der Waals surface area (Å²) in [4.78, 5) is 0. The topological polar surface area (TPSA) is 29.5 Å². The Kier molecular flexibility index (Phi) is 3.80. The quantitative estimate of drug-likeness (QED) is 0.781. The molecule has 1 rings (SSSR count). The fraction of sp³-hybridized carbons (Fsp3) is 0.273. The lowest BCUT2D eigenvalue weighted by Gasteiger charge is -2.11. The molecule has 1 aromatic carbocycles. The Morgan fingerprint density at radius 3 is 2.67 bits per heavy atom. The maximum atomic E-state index is 12.0. The van der Waals surface area contributed by atoms with Crippen molar-refractivity contribution in [3.63, 3.8) is 0 Å². The standard InChI is InChI=1S/C11H12F2O2/c1-3-9(14)8-5-4-7(2)10(6-8)15-11(12)13/h3-6,9,11,14H,1H2,2H3. The van der Waals surface area contributed by atoms with Crippen molar-refractivity contribution in [2.45, 2.75) is 19.6 Å². The Labute approximate surface area is 86.8 Å². The third-order valence-electron chi connectivity index (χ3n) is 1.99. The average Bonchev–Trinajstić information content (AvgIpc) is 2.19. The number of hydrogen-bond donors (Lipinski definition) is 1. The van der Waals surface area contributed by atoms with E-state index in [2.05, 4.69) is 11.3 Å². The van der Waals surface area contributed by atoms with Gasteiger partial charge < -0.3 is 9.84 Å². The van der Waals surface area contributed by atoms with E-state index in [1.54, 1.807) is 19.1 Å². The SMILES string of the molecule is C=CC(O)c1ccc(C)c(OC(F)F)c1. The van der Waals surface area contributed by atoms with Crippen molar-refractivity contribution in [1.82, 2.24) is 0 Å². The van der Waals surface area contributed by atoms with Gasteiger partial charge in [-0.05, 0) is 24.1 Å². The summed E-state index contributed by atoms with van der Waals surface area (Å²) < 4.78 is 28.3. The van der Waals surface area contributed by atoms with Crippen LogP contribution in [0.5, 0.6) is 5.75 Å². The van der Waals surface area contributed by atoms with Crippen LogP contribution >= 0.6 is 0 Å². The molecule has 82 valence electrons. The minimum Gasteiger partial charge on any atom is -0.435 e. The van der Waals surface area contributed by atoms with Crippen molar-refractivity contribution in [2.75, 3.05) is 0 Å². The van der Waals surface area contributed by atoms with Crippen molar-refractivity contribution in [2.24, 2.45) is 0 Å². The number of alkyl halides is 2. The fourth-order valence-corrected chi connectivity index (χ4v) is 1.16. The lowest BCUT2D eigenvalue weighted by Crippen LogP contribution is -2.04. The number of rotatable bonds is 4. The van der Waals surface area contributed by atoms with Crippen molar-refractivity contribution >= 4 is 0 Å². The van der Waals surface area contributed by atoms with Crippen LogP contribution in [0.1, 0.15) is 17.2 Å². The second kappa shape index (κ2) is 4.89. The molecule has 0 spiro atoms. The van der Waals surface area contributed by atoms with Crippen molar-refractivity contribution in [1.29, 1.82) is 0 Å². The van der Waals surface area contributed by atoms with Crippen molar-refractivity contribution in [3.05, 3.63) is 42.0 Å². The van der Waals surface area contributed by atoms with E-state index in [4.69, 9.17) is 0 Å². The monoisotopic (exact) mass is 214 g/mol. The van der Waals surface area contributed by atoms with Gasteiger partial charge in [-0.25, -0.2) is 0 Å². The molecule has 0 amide bonds. The molecule has 15 heavy (non-hydrogen) atoms. The molecule has 0 aliphatic rings. The van der Waals surface area contributed by atoms with E-state index in [1.807, 2.05) is 0 Å². The summed E-state index contributed by atoms with van der Waals surface area (Å²) in [5.74, 6) is 0.0726. The van der Waals surface area contributed by atoms with Crippen LogP contribution in [0.3, 0.4) is 0 Å². The number of hydrogen-bond acceptors (Lipinski definition) is 2. The first-order valence-corrected chi connectivity index (χ1v) is 4.40. The van der Waals surface area contributed by atoms with Crippen LogP contribution in [0, 0.1) is 6.92 Å². The highest BCUT2D eigenvalue weighted by Crippen LogP contribution is 2.25. The highest BCUT2D eigenvalue weighted by atomic mass is 19.3. The van der Waals surface area contributed by atoms with Gasteiger partial charge in [0, 0.05) is 0 Å². The minimum absolute atomic E-state index is 0.0726. The van der Waals surface area contributed by atoms with Crippen LogP contribution in [0.2, 0.25) is 0 Å². The maximum Gasteiger partial charge on any atom is 0.387 e. The predicted molar refractivity (Wildman–Crippen MR) is 53.0 cm³/mol. The largest absolute Gasteiger partial charge is 0.435 e. The van der Waals surface area contributed by atoms with Crippen LogP contribution in [0.25, 0.3) is 0 Å². The highest BCUT2D eigenvalue weighted by molar-refractivity contribution is 5.38. The molecule has 0 heterocycles. The first-order valence-electron chi connectivity index (χ1n) is 4.40. The summed E-state index contributed by atoms with van der Waals surface area (Å²) in [7, 11) is 0. The van der Waals surface area contributed by atoms with Crippen LogP contribution in [0.15, 0.2) is 30.9 Å². The fourth-order valence-electron chi connectivity index (χ4n) is 1.16. The molecule has 0 radical (unpaired) electrons. The minimum atomic E-state index is -2.86. The van der Waals surface area contributed by atoms with E-state index in [-0.39, 0.29) is 5.75 Å². The lowest BCUT2D eigenvalue weighted by atomic mass is 10.1. The smallest absolute Gasteiger partial charge is 0.387 e. The van der Waals surface area contributed by atoms with Gasteiger partial charge in [-0.1, -0.05) is 18.2 Å². The zero-order valence-electron chi connectivity index (χ0n) is 8.28. The Bertz CT molecular complexity index is 350. The Hall–Kier alpha value is -1.42. The van der Waals surface area contributed by atoms with E-state index in [0.717, 1.165) is 0 Å². The van der Waals surface area contributed by atoms with Gasteiger partial charge in [-0.3, -0.25) is 0 Å². The molecule has 4 heteroatoms. The van der Waals surface area contributed by atoms with E-state index in [1.165, 1.54) is 12.1 Å². The average molecular weight is 214 g/mol. The molecule has 0 aliphatic carbocycles. The second-order valence-electron chi connectivity index (χ2n) is 3.08. The number of aliphatic hydroxyl groups is 1. The summed E-state index contributed by atoms with van der Waals surface area (Å²) >= 11 is 0. The van der Waals surface area contributed by atoms with Gasteiger partial charge >= 0.3 is 6.61 Å². The molecular formula is C11H12F2O2. The van der Waals surface area contributed by atoms with Gasteiger partial charge in [0.2, 0.25) is 0 Å². The number of aliphatic hydroxyl groups excluding tert-OH is 1. The van der Waals surface area contributed by atoms with Gasteiger partial charge in [0.25, 0.3) is 0 Å². The second-order valence-corrected chi connectivity index (χ2v) is 3.08. The highest BCUT2D eigenvalue weighted by Gasteiger charge is 2.10. The summed E-state index contributed by atoms with van der Waals surface area (Å²) in [6, 6.07) is 4.63. The van der Waals surface area contributed by atoms with Gasteiger partial charge in [0.05, 0.1) is 6.10 Å². The van der Waals surface area contributed by atoms with Crippen molar-refractivity contribution < 1.29 is 18.6 Å². The van der Waals surface area contributed by atoms with Gasteiger partial charge in [0.15, 0.2) is 0 Å². The molecule has 1 aromatic rings. The van der Waals surface area contributed by atoms with Gasteiger partial charge in [-0.15, -0.1) is 6.58 Å². The van der Waals surface area contributed by atoms with Gasteiger partial charge in [0.1, 0.15) is 5.75 Å². The van der Waals surface area contributed by atoms with Gasteiger partial charge in [-0.2, -0.15) is 8.78 Å². The molecule has 0 saturated heterocycles. The predicted octanol–water partition coefficient (Wildman–Crippen LogP) is 2.82. The molecule has 0 aromatic heterocycles. The molecule has 0 aliphatic heterocycles. The number of halogens is 2. The van der Waals surface area contributed by atoms with Crippen LogP contribution in [-0.2, 0) is 0 Å².